The van der Waals surface area contributed by atoms with Crippen molar-refractivity contribution in [3.63, 3.8) is 0 Å². The molecular formula is C11H17N3O3. The normalized spacial score (nSPS) is 11.5. The van der Waals surface area contributed by atoms with Gasteiger partial charge in [0.05, 0.1) is 12.2 Å². The molecule has 1 rings (SSSR count). The van der Waals surface area contributed by atoms with Crippen LogP contribution in [0.1, 0.15) is 18.2 Å². The van der Waals surface area contributed by atoms with E-state index in [9.17, 15) is 0 Å². The zero-order valence-electron chi connectivity index (χ0n) is 10.0. The van der Waals surface area contributed by atoms with Gasteiger partial charge >= 0.3 is 0 Å². The third-order valence-electron chi connectivity index (χ3n) is 2.05. The lowest BCUT2D eigenvalue weighted by molar-refractivity contribution is 0.108. The smallest absolute Gasteiger partial charge is 0.224 e. The molecule has 0 amide bonds. The first-order chi connectivity index (χ1) is 8.19. The summed E-state index contributed by atoms with van der Waals surface area (Å²) in [6.45, 7) is 5.23. The molecule has 17 heavy (non-hydrogen) atoms. The Morgan fingerprint density at radius 1 is 1.47 bits per heavy atom. The van der Waals surface area contributed by atoms with Gasteiger partial charge in [0.25, 0.3) is 0 Å². The Hall–Kier alpha value is -1.82. The zero-order valence-corrected chi connectivity index (χ0v) is 10.0. The SMILES string of the molecule is CCOCCOc1nc(C)ccc1C(N)=NO. The first-order valence-corrected chi connectivity index (χ1v) is 5.35. The van der Waals surface area contributed by atoms with E-state index >= 15 is 0 Å². The Bertz CT molecular complexity index is 394. The van der Waals surface area contributed by atoms with Gasteiger partial charge in [0.2, 0.25) is 5.88 Å². The molecule has 94 valence electrons. The number of aromatic nitrogens is 1. The Kier molecular flexibility index (Phi) is 5.22. The van der Waals surface area contributed by atoms with Crippen molar-refractivity contribution in [2.24, 2.45) is 10.9 Å². The van der Waals surface area contributed by atoms with Gasteiger partial charge in [-0.25, -0.2) is 4.98 Å². The molecule has 0 unspecified atom stereocenters. The van der Waals surface area contributed by atoms with E-state index in [0.717, 1.165) is 5.69 Å². The average molecular weight is 239 g/mol. The molecule has 0 aromatic carbocycles. The fourth-order valence-electron chi connectivity index (χ4n) is 1.23. The van der Waals surface area contributed by atoms with Gasteiger partial charge in [-0.3, -0.25) is 0 Å². The minimum atomic E-state index is -0.0242. The van der Waals surface area contributed by atoms with Gasteiger partial charge in [0, 0.05) is 12.3 Å². The summed E-state index contributed by atoms with van der Waals surface area (Å²) in [5.74, 6) is 0.323. The van der Waals surface area contributed by atoms with Gasteiger partial charge in [0.1, 0.15) is 6.61 Å². The Balaban J connectivity index is 2.77. The minimum absolute atomic E-state index is 0.0242. The second-order valence-corrected chi connectivity index (χ2v) is 3.34. The fraction of sp³-hybridized carbons (Fsp3) is 0.455. The van der Waals surface area contributed by atoms with E-state index in [-0.39, 0.29) is 5.84 Å². The summed E-state index contributed by atoms with van der Waals surface area (Å²) in [5.41, 5.74) is 6.79. The van der Waals surface area contributed by atoms with Crippen molar-refractivity contribution in [2.75, 3.05) is 19.8 Å². The van der Waals surface area contributed by atoms with Crippen LogP contribution in [0.4, 0.5) is 0 Å². The molecule has 0 atom stereocenters. The molecule has 1 heterocycles. The molecule has 0 spiro atoms. The lowest BCUT2D eigenvalue weighted by atomic mass is 10.2. The summed E-state index contributed by atoms with van der Waals surface area (Å²) in [6, 6.07) is 3.47. The zero-order chi connectivity index (χ0) is 12.7. The number of ether oxygens (including phenoxy) is 2. The molecule has 3 N–H and O–H groups in total. The average Bonchev–Trinajstić information content (AvgIpc) is 2.34. The van der Waals surface area contributed by atoms with Crippen LogP contribution in [-0.4, -0.2) is 35.8 Å². The van der Waals surface area contributed by atoms with Crippen LogP contribution in [0.5, 0.6) is 5.88 Å². The van der Waals surface area contributed by atoms with Crippen molar-refractivity contribution in [1.82, 2.24) is 4.98 Å². The number of nitrogens with zero attached hydrogens (tertiary/aromatic N) is 2. The van der Waals surface area contributed by atoms with Gasteiger partial charge in [-0.05, 0) is 26.0 Å². The number of aryl methyl sites for hydroxylation is 1. The van der Waals surface area contributed by atoms with Crippen LogP contribution in [0.15, 0.2) is 17.3 Å². The second-order valence-electron chi connectivity index (χ2n) is 3.34. The third-order valence-corrected chi connectivity index (χ3v) is 2.05. The van der Waals surface area contributed by atoms with Crippen molar-refractivity contribution >= 4 is 5.84 Å². The number of nitrogens with two attached hydrogens (primary N) is 1. The Labute approximate surface area is 100 Å². The number of hydrogen-bond donors (Lipinski definition) is 2. The molecule has 0 aliphatic heterocycles. The highest BCUT2D eigenvalue weighted by molar-refractivity contribution is 5.99. The molecule has 1 aromatic heterocycles. The van der Waals surface area contributed by atoms with E-state index in [1.54, 1.807) is 12.1 Å². The van der Waals surface area contributed by atoms with Gasteiger partial charge in [-0.15, -0.1) is 0 Å². The number of amidine groups is 1. The van der Waals surface area contributed by atoms with Crippen LogP contribution in [0.3, 0.4) is 0 Å². The highest BCUT2D eigenvalue weighted by atomic mass is 16.5. The number of pyridine rings is 1. The van der Waals surface area contributed by atoms with Crippen LogP contribution in [0.2, 0.25) is 0 Å². The fourth-order valence-corrected chi connectivity index (χ4v) is 1.23. The maximum atomic E-state index is 8.65. The third kappa shape index (κ3) is 3.92. The predicted octanol–water partition coefficient (Wildman–Crippen LogP) is 0.900. The predicted molar refractivity (Wildman–Crippen MR) is 63.5 cm³/mol. The minimum Gasteiger partial charge on any atom is -0.475 e. The van der Waals surface area contributed by atoms with Crippen molar-refractivity contribution in [3.05, 3.63) is 23.4 Å². The molecule has 0 fully saturated rings. The topological polar surface area (TPSA) is 90.0 Å². The van der Waals surface area contributed by atoms with E-state index in [4.69, 9.17) is 20.4 Å². The van der Waals surface area contributed by atoms with E-state index in [1.807, 2.05) is 13.8 Å². The van der Waals surface area contributed by atoms with Crippen molar-refractivity contribution < 1.29 is 14.7 Å². The molecule has 0 radical (unpaired) electrons. The molecule has 0 bridgehead atoms. The molecular weight excluding hydrogens is 222 g/mol. The monoisotopic (exact) mass is 239 g/mol. The van der Waals surface area contributed by atoms with E-state index in [2.05, 4.69) is 10.1 Å². The Morgan fingerprint density at radius 3 is 2.88 bits per heavy atom. The summed E-state index contributed by atoms with van der Waals surface area (Å²) >= 11 is 0. The van der Waals surface area contributed by atoms with Crippen LogP contribution in [-0.2, 0) is 4.74 Å². The van der Waals surface area contributed by atoms with Crippen molar-refractivity contribution in [1.29, 1.82) is 0 Å². The molecule has 0 aliphatic carbocycles. The van der Waals surface area contributed by atoms with E-state index < -0.39 is 0 Å². The van der Waals surface area contributed by atoms with Gasteiger partial charge in [-0.2, -0.15) is 0 Å². The number of hydrogen-bond acceptors (Lipinski definition) is 5. The molecule has 6 heteroatoms. The van der Waals surface area contributed by atoms with E-state index in [0.29, 0.717) is 31.3 Å². The molecule has 0 saturated heterocycles. The summed E-state index contributed by atoms with van der Waals surface area (Å²) in [5, 5.41) is 11.6. The summed E-state index contributed by atoms with van der Waals surface area (Å²) in [4.78, 5) is 4.19. The van der Waals surface area contributed by atoms with Crippen LogP contribution >= 0.6 is 0 Å². The van der Waals surface area contributed by atoms with Crippen LogP contribution < -0.4 is 10.5 Å². The van der Waals surface area contributed by atoms with Crippen LogP contribution in [0.25, 0.3) is 0 Å². The highest BCUT2D eigenvalue weighted by Gasteiger charge is 2.10. The molecule has 0 aliphatic rings. The van der Waals surface area contributed by atoms with E-state index in [1.165, 1.54) is 0 Å². The Morgan fingerprint density at radius 2 is 2.24 bits per heavy atom. The first kappa shape index (κ1) is 13.2. The quantitative estimate of drug-likeness (QED) is 0.253. The largest absolute Gasteiger partial charge is 0.475 e. The summed E-state index contributed by atoms with van der Waals surface area (Å²) in [7, 11) is 0. The maximum absolute atomic E-state index is 8.65. The number of oxime groups is 1. The van der Waals surface area contributed by atoms with Crippen molar-refractivity contribution in [3.8, 4) is 5.88 Å². The molecule has 0 saturated carbocycles. The van der Waals surface area contributed by atoms with Gasteiger partial charge in [-0.1, -0.05) is 5.16 Å². The maximum Gasteiger partial charge on any atom is 0.224 e. The highest BCUT2D eigenvalue weighted by Crippen LogP contribution is 2.15. The molecule has 6 nitrogen and oxygen atoms in total. The molecule has 1 aromatic rings. The van der Waals surface area contributed by atoms with Gasteiger partial charge in [0.15, 0.2) is 5.84 Å². The first-order valence-electron chi connectivity index (χ1n) is 5.35. The number of rotatable bonds is 6. The lowest BCUT2D eigenvalue weighted by Crippen LogP contribution is -2.17. The summed E-state index contributed by atoms with van der Waals surface area (Å²) < 4.78 is 10.6. The lowest BCUT2D eigenvalue weighted by Gasteiger charge is -2.10. The standard InChI is InChI=1S/C11H17N3O3/c1-3-16-6-7-17-11-9(10(12)14-15)5-4-8(2)13-11/h4-5,15H,3,6-7H2,1-2H3,(H2,12,14). The second kappa shape index (κ2) is 6.70. The van der Waals surface area contributed by atoms with Crippen molar-refractivity contribution in [2.45, 2.75) is 13.8 Å². The van der Waals surface area contributed by atoms with Crippen LogP contribution in [0, 0.1) is 6.92 Å². The van der Waals surface area contributed by atoms with Gasteiger partial charge < -0.3 is 20.4 Å². The summed E-state index contributed by atoms with van der Waals surface area (Å²) in [6.07, 6.45) is 0.